The Bertz CT molecular complexity index is 356. The van der Waals surface area contributed by atoms with Gasteiger partial charge in [-0.3, -0.25) is 0 Å². The van der Waals surface area contributed by atoms with E-state index in [0.29, 0.717) is 0 Å². The maximum Gasteiger partial charge on any atom is 0.104 e. The molecule has 0 bridgehead atoms. The summed E-state index contributed by atoms with van der Waals surface area (Å²) >= 11 is 6.03. The van der Waals surface area contributed by atoms with Crippen molar-refractivity contribution < 1.29 is 21.5 Å². The molecule has 0 atom stereocenters. The van der Waals surface area contributed by atoms with Crippen molar-refractivity contribution in [2.45, 2.75) is 65.8 Å². The number of halogens is 2. The molecule has 0 radical (unpaired) electrons. The topological polar surface area (TPSA) is 0 Å². The number of nitrogens with zero attached hydrogens (tertiary/aromatic N) is 1. The molecule has 1 rings (SSSR count). The van der Waals surface area contributed by atoms with Gasteiger partial charge >= 0.3 is 0 Å². The molecule has 0 aliphatic rings. The Balaban J connectivity index is 0.00000441. The van der Waals surface area contributed by atoms with Crippen molar-refractivity contribution in [3.8, 4) is 0 Å². The van der Waals surface area contributed by atoms with Crippen LogP contribution in [0.4, 0.5) is 0 Å². The maximum absolute atomic E-state index is 6.03. The lowest BCUT2D eigenvalue weighted by Crippen LogP contribution is -3.00. The SMILES string of the molecule is CCCC[N+](CCCC)(CCCC)Cc1ccc(Cl)cc1.[Br-]. The van der Waals surface area contributed by atoms with Crippen LogP contribution in [0.2, 0.25) is 5.02 Å². The van der Waals surface area contributed by atoms with Crippen LogP contribution in [0.3, 0.4) is 0 Å². The lowest BCUT2D eigenvalue weighted by atomic mass is 10.1. The van der Waals surface area contributed by atoms with Crippen molar-refractivity contribution in [1.82, 2.24) is 0 Å². The average Bonchev–Trinajstić information content (AvgIpc) is 2.51. The Morgan fingerprint density at radius 1 is 0.773 bits per heavy atom. The second-order valence-electron chi connectivity index (χ2n) is 6.36. The van der Waals surface area contributed by atoms with Crippen LogP contribution in [0.25, 0.3) is 0 Å². The van der Waals surface area contributed by atoms with Crippen LogP contribution in [0.15, 0.2) is 24.3 Å². The van der Waals surface area contributed by atoms with Crippen LogP contribution in [0, 0.1) is 0 Å². The largest absolute Gasteiger partial charge is 1.00 e. The van der Waals surface area contributed by atoms with E-state index in [0.717, 1.165) is 11.6 Å². The van der Waals surface area contributed by atoms with Crippen molar-refractivity contribution in [3.05, 3.63) is 34.9 Å². The lowest BCUT2D eigenvalue weighted by Gasteiger charge is -2.39. The number of benzene rings is 1. The highest BCUT2D eigenvalue weighted by Gasteiger charge is 2.26. The third kappa shape index (κ3) is 7.99. The van der Waals surface area contributed by atoms with E-state index in [1.807, 2.05) is 12.1 Å². The summed E-state index contributed by atoms with van der Waals surface area (Å²) in [5.41, 5.74) is 1.43. The zero-order valence-electron chi connectivity index (χ0n) is 14.6. The first-order valence-corrected chi connectivity index (χ1v) is 9.13. The second kappa shape index (κ2) is 12.4. The molecule has 128 valence electrons. The standard InChI is InChI=1S/C19H33ClN.BrH/c1-4-7-14-21(15-8-5-2,16-9-6-3)17-18-10-12-19(20)13-11-18;/h10-13H,4-9,14-17H2,1-3H3;1H/q+1;/p-1. The highest BCUT2D eigenvalue weighted by Crippen LogP contribution is 2.21. The third-order valence-electron chi connectivity index (χ3n) is 4.39. The van der Waals surface area contributed by atoms with Gasteiger partial charge in [-0.2, -0.15) is 0 Å². The molecule has 1 aromatic carbocycles. The summed E-state index contributed by atoms with van der Waals surface area (Å²) in [6.45, 7) is 12.0. The molecule has 0 saturated carbocycles. The zero-order valence-corrected chi connectivity index (χ0v) is 16.9. The van der Waals surface area contributed by atoms with Gasteiger partial charge in [0.15, 0.2) is 0 Å². The van der Waals surface area contributed by atoms with E-state index in [-0.39, 0.29) is 17.0 Å². The van der Waals surface area contributed by atoms with Gasteiger partial charge in [0.1, 0.15) is 6.54 Å². The minimum Gasteiger partial charge on any atom is -1.00 e. The van der Waals surface area contributed by atoms with Gasteiger partial charge in [0.25, 0.3) is 0 Å². The van der Waals surface area contributed by atoms with Crippen molar-refractivity contribution in [2.24, 2.45) is 0 Å². The molecule has 0 fully saturated rings. The molecule has 0 saturated heterocycles. The molecule has 0 N–H and O–H groups in total. The molecule has 0 spiro atoms. The van der Waals surface area contributed by atoms with Crippen LogP contribution in [0.5, 0.6) is 0 Å². The van der Waals surface area contributed by atoms with Crippen molar-refractivity contribution in [2.75, 3.05) is 19.6 Å². The van der Waals surface area contributed by atoms with E-state index < -0.39 is 0 Å². The Hall–Kier alpha value is -0.0500. The zero-order chi connectivity index (χ0) is 15.6. The van der Waals surface area contributed by atoms with E-state index in [2.05, 4.69) is 32.9 Å². The van der Waals surface area contributed by atoms with Gasteiger partial charge in [-0.15, -0.1) is 0 Å². The molecule has 0 aliphatic heterocycles. The molecule has 1 aromatic rings. The van der Waals surface area contributed by atoms with Gasteiger partial charge in [0, 0.05) is 10.6 Å². The fraction of sp³-hybridized carbons (Fsp3) is 0.684. The Labute approximate surface area is 153 Å². The number of hydrogen-bond donors (Lipinski definition) is 0. The van der Waals surface area contributed by atoms with Gasteiger partial charge in [-0.05, 0) is 31.4 Å². The number of quaternary nitrogens is 1. The van der Waals surface area contributed by atoms with Crippen LogP contribution < -0.4 is 17.0 Å². The van der Waals surface area contributed by atoms with Crippen molar-refractivity contribution in [3.63, 3.8) is 0 Å². The van der Waals surface area contributed by atoms with E-state index in [9.17, 15) is 0 Å². The highest BCUT2D eigenvalue weighted by molar-refractivity contribution is 6.30. The Morgan fingerprint density at radius 3 is 1.55 bits per heavy atom. The van der Waals surface area contributed by atoms with Gasteiger partial charge in [-0.1, -0.05) is 63.8 Å². The fourth-order valence-corrected chi connectivity index (χ4v) is 3.16. The van der Waals surface area contributed by atoms with Gasteiger partial charge < -0.3 is 21.5 Å². The van der Waals surface area contributed by atoms with Crippen LogP contribution >= 0.6 is 11.6 Å². The highest BCUT2D eigenvalue weighted by atomic mass is 79.9. The Morgan fingerprint density at radius 2 is 1.18 bits per heavy atom. The molecule has 0 aromatic heterocycles. The summed E-state index contributed by atoms with van der Waals surface area (Å²) in [6, 6.07) is 8.48. The Kier molecular flexibility index (Phi) is 12.4. The first-order valence-electron chi connectivity index (χ1n) is 8.75. The normalized spacial score (nSPS) is 11.3. The lowest BCUT2D eigenvalue weighted by molar-refractivity contribution is -0.941. The molecule has 1 nitrogen and oxygen atoms in total. The molecule has 22 heavy (non-hydrogen) atoms. The number of unbranched alkanes of at least 4 members (excludes halogenated alkanes) is 3. The predicted octanol–water partition coefficient (Wildman–Crippen LogP) is 3.06. The molecule has 3 heteroatoms. The number of rotatable bonds is 11. The molecule has 0 heterocycles. The maximum atomic E-state index is 6.03. The molecule has 0 aliphatic carbocycles. The van der Waals surface area contributed by atoms with Gasteiger partial charge in [0.05, 0.1) is 19.6 Å². The summed E-state index contributed by atoms with van der Waals surface area (Å²) in [6.07, 6.45) is 7.87. The minimum absolute atomic E-state index is 0. The van der Waals surface area contributed by atoms with Crippen LogP contribution in [-0.4, -0.2) is 24.1 Å². The number of hydrogen-bond acceptors (Lipinski definition) is 0. The minimum atomic E-state index is 0. The van der Waals surface area contributed by atoms with Gasteiger partial charge in [0.2, 0.25) is 0 Å². The van der Waals surface area contributed by atoms with E-state index in [4.69, 9.17) is 11.6 Å². The summed E-state index contributed by atoms with van der Waals surface area (Å²) < 4.78 is 1.26. The summed E-state index contributed by atoms with van der Waals surface area (Å²) in [5.74, 6) is 0. The van der Waals surface area contributed by atoms with Crippen molar-refractivity contribution in [1.29, 1.82) is 0 Å². The van der Waals surface area contributed by atoms with Gasteiger partial charge in [-0.25, -0.2) is 0 Å². The first-order chi connectivity index (χ1) is 10.2. The monoisotopic (exact) mass is 389 g/mol. The molecule has 0 amide bonds. The molecular formula is C19H33BrClN. The molecular weight excluding hydrogens is 358 g/mol. The molecule has 0 unspecified atom stereocenters. The average molecular weight is 391 g/mol. The third-order valence-corrected chi connectivity index (χ3v) is 4.64. The van der Waals surface area contributed by atoms with E-state index in [1.54, 1.807) is 0 Å². The summed E-state index contributed by atoms with van der Waals surface area (Å²) in [7, 11) is 0. The summed E-state index contributed by atoms with van der Waals surface area (Å²) in [4.78, 5) is 0. The first kappa shape index (κ1) is 21.9. The van der Waals surface area contributed by atoms with E-state index >= 15 is 0 Å². The van der Waals surface area contributed by atoms with Crippen LogP contribution in [-0.2, 0) is 6.54 Å². The fourth-order valence-electron chi connectivity index (χ4n) is 3.03. The smallest absolute Gasteiger partial charge is 0.104 e. The quantitative estimate of drug-likeness (QED) is 0.509. The predicted molar refractivity (Wildman–Crippen MR) is 94.7 cm³/mol. The summed E-state index contributed by atoms with van der Waals surface area (Å²) in [5, 5.41) is 0.840. The van der Waals surface area contributed by atoms with Crippen LogP contribution in [0.1, 0.15) is 64.9 Å². The second-order valence-corrected chi connectivity index (χ2v) is 6.79. The van der Waals surface area contributed by atoms with E-state index in [1.165, 1.54) is 68.2 Å². The van der Waals surface area contributed by atoms with Crippen molar-refractivity contribution >= 4 is 11.6 Å².